The third-order valence-corrected chi connectivity index (χ3v) is 6.82. The van der Waals surface area contributed by atoms with E-state index in [4.69, 9.17) is 16.4 Å². The lowest BCUT2D eigenvalue weighted by Gasteiger charge is -2.28. The molecule has 5 atom stereocenters. The number of carbonyl (C=O) groups excluding carboxylic acids is 1. The topological polar surface area (TPSA) is 82.0 Å². The van der Waals surface area contributed by atoms with Gasteiger partial charge in [0.05, 0.1) is 25.3 Å². The standard InChI is InChI=1S/C30H31ClN2O4/c1-20(23-8-4-3-5-9-23)32-30(36)29-28(21(2)35)27(19-34)37-33(29)18-25-11-7-6-10-24(25)15-12-22-13-16-26(31)17-14-22/h3-11,13-14,16-17,20-21,27-29,34-35H,18-19H2,1-2H3,(H,32,36)/t20-,21+,27+,28-,29+/m1/s1. The van der Waals surface area contributed by atoms with Crippen LogP contribution in [0.5, 0.6) is 0 Å². The van der Waals surface area contributed by atoms with Crippen LogP contribution in [-0.2, 0) is 16.2 Å². The maximum atomic E-state index is 13.6. The summed E-state index contributed by atoms with van der Waals surface area (Å²) in [6, 6.07) is 23.6. The fourth-order valence-electron chi connectivity index (χ4n) is 4.62. The Bertz CT molecular complexity index is 1250. The lowest BCUT2D eigenvalue weighted by molar-refractivity contribution is -0.182. The zero-order valence-corrected chi connectivity index (χ0v) is 21.6. The molecule has 192 valence electrons. The van der Waals surface area contributed by atoms with E-state index in [1.807, 2.05) is 73.7 Å². The molecule has 1 aliphatic heterocycles. The van der Waals surface area contributed by atoms with Crippen molar-refractivity contribution in [3.8, 4) is 11.8 Å². The molecule has 3 aromatic carbocycles. The molecule has 1 saturated heterocycles. The summed E-state index contributed by atoms with van der Waals surface area (Å²) < 4.78 is 0. The highest BCUT2D eigenvalue weighted by molar-refractivity contribution is 6.30. The van der Waals surface area contributed by atoms with Crippen LogP contribution >= 0.6 is 11.6 Å². The fourth-order valence-corrected chi connectivity index (χ4v) is 4.75. The Hall–Kier alpha value is -3.18. The van der Waals surface area contributed by atoms with Crippen molar-refractivity contribution in [2.75, 3.05) is 6.61 Å². The summed E-state index contributed by atoms with van der Waals surface area (Å²) in [5.41, 5.74) is 3.45. The molecule has 6 nitrogen and oxygen atoms in total. The number of aliphatic hydroxyl groups is 2. The Kier molecular flexibility index (Phi) is 8.99. The molecule has 1 aliphatic rings. The summed E-state index contributed by atoms with van der Waals surface area (Å²) in [7, 11) is 0. The smallest absolute Gasteiger partial charge is 0.240 e. The molecule has 0 bridgehead atoms. The maximum Gasteiger partial charge on any atom is 0.240 e. The van der Waals surface area contributed by atoms with E-state index in [0.717, 1.165) is 22.3 Å². The first-order chi connectivity index (χ1) is 17.9. The number of hydrogen-bond donors (Lipinski definition) is 3. The van der Waals surface area contributed by atoms with Crippen LogP contribution in [0.4, 0.5) is 0 Å². The van der Waals surface area contributed by atoms with Crippen molar-refractivity contribution >= 4 is 17.5 Å². The fraction of sp³-hybridized carbons (Fsp3) is 0.300. The van der Waals surface area contributed by atoms with Gasteiger partial charge in [0, 0.05) is 22.1 Å². The Morgan fingerprint density at radius 3 is 2.38 bits per heavy atom. The number of amides is 1. The molecule has 7 heteroatoms. The van der Waals surface area contributed by atoms with Gasteiger partial charge < -0.3 is 15.5 Å². The normalized spacial score (nSPS) is 21.1. The minimum atomic E-state index is -0.870. The zero-order chi connectivity index (χ0) is 26.4. The monoisotopic (exact) mass is 518 g/mol. The van der Waals surface area contributed by atoms with Crippen LogP contribution in [0.1, 0.15) is 42.1 Å². The Labute approximate surface area is 222 Å². The second-order valence-corrected chi connectivity index (χ2v) is 9.66. The number of halogens is 1. The zero-order valence-electron chi connectivity index (χ0n) is 20.8. The van der Waals surface area contributed by atoms with Gasteiger partial charge in [-0.1, -0.05) is 72.0 Å². The molecule has 1 fully saturated rings. The van der Waals surface area contributed by atoms with Gasteiger partial charge >= 0.3 is 0 Å². The molecular formula is C30H31ClN2O4. The van der Waals surface area contributed by atoms with Crippen molar-refractivity contribution in [1.82, 2.24) is 10.4 Å². The maximum absolute atomic E-state index is 13.6. The van der Waals surface area contributed by atoms with Crippen molar-refractivity contribution in [2.45, 2.75) is 44.7 Å². The molecule has 0 unspecified atom stereocenters. The highest BCUT2D eigenvalue weighted by Crippen LogP contribution is 2.33. The first-order valence-corrected chi connectivity index (χ1v) is 12.7. The van der Waals surface area contributed by atoms with Crippen LogP contribution in [-0.4, -0.2) is 46.0 Å². The highest BCUT2D eigenvalue weighted by atomic mass is 35.5. The number of nitrogens with one attached hydrogen (secondary N) is 1. The van der Waals surface area contributed by atoms with Gasteiger partial charge in [0.1, 0.15) is 12.1 Å². The first-order valence-electron chi connectivity index (χ1n) is 12.3. The summed E-state index contributed by atoms with van der Waals surface area (Å²) >= 11 is 5.98. The van der Waals surface area contributed by atoms with E-state index in [1.165, 1.54) is 0 Å². The van der Waals surface area contributed by atoms with Gasteiger partial charge in [-0.15, -0.1) is 0 Å². The number of nitrogens with zero attached hydrogens (tertiary/aromatic N) is 1. The number of hydroxylamine groups is 2. The lowest BCUT2D eigenvalue weighted by Crippen LogP contribution is -2.49. The van der Waals surface area contributed by atoms with Gasteiger partial charge in [-0.2, -0.15) is 5.06 Å². The molecule has 37 heavy (non-hydrogen) atoms. The molecule has 0 radical (unpaired) electrons. The van der Waals surface area contributed by atoms with Crippen molar-refractivity contribution < 1.29 is 19.8 Å². The Morgan fingerprint density at radius 1 is 1.03 bits per heavy atom. The molecule has 0 aliphatic carbocycles. The molecule has 0 aromatic heterocycles. The number of hydrogen-bond acceptors (Lipinski definition) is 5. The molecule has 1 heterocycles. The van der Waals surface area contributed by atoms with Gasteiger partial charge in [-0.25, -0.2) is 0 Å². The summed E-state index contributed by atoms with van der Waals surface area (Å²) in [5, 5.41) is 25.8. The third kappa shape index (κ3) is 6.58. The molecule has 3 aromatic rings. The summed E-state index contributed by atoms with van der Waals surface area (Å²) in [5.74, 6) is 5.47. The summed E-state index contributed by atoms with van der Waals surface area (Å²) in [4.78, 5) is 19.6. The molecule has 3 N–H and O–H groups in total. The second kappa shape index (κ2) is 12.4. The van der Waals surface area contributed by atoms with Gasteiger partial charge in [0.2, 0.25) is 5.91 Å². The molecular weight excluding hydrogens is 488 g/mol. The quantitative estimate of drug-likeness (QED) is 0.410. The Morgan fingerprint density at radius 2 is 1.70 bits per heavy atom. The van der Waals surface area contributed by atoms with E-state index in [0.29, 0.717) is 5.02 Å². The number of carbonyl (C=O) groups is 1. The summed E-state index contributed by atoms with van der Waals surface area (Å²) in [6.45, 7) is 3.47. The van der Waals surface area contributed by atoms with Crippen molar-refractivity contribution in [2.24, 2.45) is 5.92 Å². The average Bonchev–Trinajstić information content (AvgIpc) is 3.28. The number of rotatable bonds is 7. The van der Waals surface area contributed by atoms with Gasteiger partial charge in [0.25, 0.3) is 0 Å². The van der Waals surface area contributed by atoms with Gasteiger partial charge in [0.15, 0.2) is 0 Å². The van der Waals surface area contributed by atoms with Crippen molar-refractivity contribution in [3.05, 3.63) is 106 Å². The summed E-state index contributed by atoms with van der Waals surface area (Å²) in [6.07, 6.45) is -1.58. The van der Waals surface area contributed by atoms with Crippen molar-refractivity contribution in [3.63, 3.8) is 0 Å². The SMILES string of the molecule is C[C@H](O)[C@@H]1[C@H](CO)ON(Cc2ccccc2C#Cc2ccc(Cl)cc2)[C@@H]1C(=O)N[C@H](C)c1ccccc1. The largest absolute Gasteiger partial charge is 0.394 e. The van der Waals surface area contributed by atoms with E-state index in [9.17, 15) is 15.0 Å². The van der Waals surface area contributed by atoms with Crippen LogP contribution in [0, 0.1) is 17.8 Å². The van der Waals surface area contributed by atoms with Gasteiger partial charge in [-0.05, 0) is 55.3 Å². The molecule has 1 amide bonds. The van der Waals surface area contributed by atoms with E-state index in [-0.39, 0.29) is 25.1 Å². The van der Waals surface area contributed by atoms with E-state index in [2.05, 4.69) is 17.2 Å². The number of aliphatic hydroxyl groups excluding tert-OH is 2. The Balaban J connectivity index is 1.60. The predicted molar refractivity (Wildman–Crippen MR) is 143 cm³/mol. The predicted octanol–water partition coefficient (Wildman–Crippen LogP) is 4.09. The third-order valence-electron chi connectivity index (χ3n) is 6.57. The van der Waals surface area contributed by atoms with Crippen LogP contribution in [0.2, 0.25) is 5.02 Å². The van der Waals surface area contributed by atoms with Crippen molar-refractivity contribution in [1.29, 1.82) is 0 Å². The molecule has 0 spiro atoms. The number of benzene rings is 3. The van der Waals surface area contributed by atoms with Gasteiger partial charge in [-0.3, -0.25) is 9.63 Å². The minimum absolute atomic E-state index is 0.240. The molecule has 4 rings (SSSR count). The van der Waals surface area contributed by atoms with E-state index >= 15 is 0 Å². The first kappa shape index (κ1) is 26.9. The second-order valence-electron chi connectivity index (χ2n) is 9.22. The highest BCUT2D eigenvalue weighted by Gasteiger charge is 2.49. The van der Waals surface area contributed by atoms with Crippen LogP contribution in [0.15, 0.2) is 78.9 Å². The van der Waals surface area contributed by atoms with Crippen LogP contribution in [0.3, 0.4) is 0 Å². The lowest BCUT2D eigenvalue weighted by atomic mass is 9.89. The average molecular weight is 519 g/mol. The van der Waals surface area contributed by atoms with E-state index < -0.39 is 24.2 Å². The minimum Gasteiger partial charge on any atom is -0.394 e. The van der Waals surface area contributed by atoms with Crippen LogP contribution < -0.4 is 5.32 Å². The molecule has 0 saturated carbocycles. The van der Waals surface area contributed by atoms with Crippen LogP contribution in [0.25, 0.3) is 0 Å². The van der Waals surface area contributed by atoms with E-state index in [1.54, 1.807) is 24.1 Å².